The lowest BCUT2D eigenvalue weighted by molar-refractivity contribution is -0.148. The minimum Gasteiger partial charge on any atom is -0.368 e. The number of H-pyrrole nitrogens is 1. The average molecular weight is 567 g/mol. The molecule has 1 fully saturated rings. The summed E-state index contributed by atoms with van der Waals surface area (Å²) in [7, 11) is 1.62. The van der Waals surface area contributed by atoms with Crippen molar-refractivity contribution >= 4 is 28.4 Å². The van der Waals surface area contributed by atoms with Gasteiger partial charge in [0, 0.05) is 42.6 Å². The fraction of sp³-hybridized carbons (Fsp3) is 0.367. The van der Waals surface area contributed by atoms with Gasteiger partial charge in [0.1, 0.15) is 23.6 Å². The normalized spacial score (nSPS) is 19.5. The second-order valence-electron chi connectivity index (χ2n) is 10.9. The van der Waals surface area contributed by atoms with Gasteiger partial charge >= 0.3 is 0 Å². The number of nitrogens with zero attached hydrogens (tertiary/aromatic N) is 7. The van der Waals surface area contributed by atoms with E-state index in [1.165, 1.54) is 0 Å². The molecule has 0 bridgehead atoms. The Morgan fingerprint density at radius 3 is 2.62 bits per heavy atom. The van der Waals surface area contributed by atoms with E-state index in [4.69, 9.17) is 9.72 Å². The highest BCUT2D eigenvalue weighted by Crippen LogP contribution is 2.41. The molecular formula is C30H34N10O2. The molecule has 42 heavy (non-hydrogen) atoms. The fourth-order valence-corrected chi connectivity index (χ4v) is 5.61. The Morgan fingerprint density at radius 2 is 1.95 bits per heavy atom. The van der Waals surface area contributed by atoms with Gasteiger partial charge in [-0.3, -0.25) is 14.9 Å². The molecule has 5 aromatic rings. The zero-order chi connectivity index (χ0) is 29.3. The van der Waals surface area contributed by atoms with Crippen LogP contribution in [0.1, 0.15) is 67.3 Å². The van der Waals surface area contributed by atoms with Gasteiger partial charge in [0.2, 0.25) is 0 Å². The number of nitrogens with one attached hydrogen (secondary N) is 3. The zero-order valence-corrected chi connectivity index (χ0v) is 24.1. The van der Waals surface area contributed by atoms with E-state index in [0.29, 0.717) is 36.1 Å². The van der Waals surface area contributed by atoms with Crippen molar-refractivity contribution < 1.29 is 9.53 Å². The second kappa shape index (κ2) is 11.3. The maximum Gasteiger partial charge on any atom is 0.252 e. The largest absolute Gasteiger partial charge is 0.368 e. The number of aryl methyl sites for hydroxylation is 2. The summed E-state index contributed by atoms with van der Waals surface area (Å²) in [6.45, 7) is 5.73. The van der Waals surface area contributed by atoms with E-state index < -0.39 is 5.60 Å². The summed E-state index contributed by atoms with van der Waals surface area (Å²) in [6, 6.07) is 11.5. The Bertz CT molecular complexity index is 1700. The molecule has 1 saturated carbocycles. The molecule has 0 spiro atoms. The van der Waals surface area contributed by atoms with Crippen LogP contribution in [-0.2, 0) is 9.53 Å². The third-order valence-electron chi connectivity index (χ3n) is 8.02. The van der Waals surface area contributed by atoms with Gasteiger partial charge in [0.15, 0.2) is 11.6 Å². The maximum absolute atomic E-state index is 13.6. The first kappa shape index (κ1) is 27.5. The van der Waals surface area contributed by atoms with Crippen molar-refractivity contribution in [2.75, 3.05) is 12.4 Å². The molecule has 1 aliphatic rings. The van der Waals surface area contributed by atoms with Gasteiger partial charge in [-0.1, -0.05) is 12.1 Å². The van der Waals surface area contributed by atoms with E-state index in [0.717, 1.165) is 40.7 Å². The van der Waals surface area contributed by atoms with Crippen molar-refractivity contribution in [3.63, 3.8) is 0 Å². The van der Waals surface area contributed by atoms with Crippen molar-refractivity contribution in [3.05, 3.63) is 77.9 Å². The summed E-state index contributed by atoms with van der Waals surface area (Å²) in [6.07, 6.45) is 7.80. The lowest BCUT2D eigenvalue weighted by Gasteiger charge is -2.38. The van der Waals surface area contributed by atoms with Crippen LogP contribution in [0.4, 0.5) is 11.6 Å². The molecular weight excluding hydrogens is 532 g/mol. The third-order valence-corrected chi connectivity index (χ3v) is 8.02. The summed E-state index contributed by atoms with van der Waals surface area (Å²) in [4.78, 5) is 31.9. The molecule has 5 aromatic heterocycles. The van der Waals surface area contributed by atoms with Crippen molar-refractivity contribution in [1.29, 1.82) is 0 Å². The predicted octanol–water partition coefficient (Wildman–Crippen LogP) is 4.61. The molecule has 5 heterocycles. The smallest absolute Gasteiger partial charge is 0.252 e. The van der Waals surface area contributed by atoms with Gasteiger partial charge < -0.3 is 15.4 Å². The van der Waals surface area contributed by atoms with Crippen LogP contribution in [0.5, 0.6) is 0 Å². The Balaban J connectivity index is 1.16. The van der Waals surface area contributed by atoms with E-state index in [9.17, 15) is 4.79 Å². The SMILES string of the molecule is COC1(C(=O)N[C@@H](C)c2ccc(-n3cnc(C)n3)nc2)CCC(c2nc(Nc3cc(C)[nH]n3)cc3cccnc23)CC1. The second-order valence-corrected chi connectivity index (χ2v) is 10.9. The summed E-state index contributed by atoms with van der Waals surface area (Å²) in [5.74, 6) is 2.78. The summed E-state index contributed by atoms with van der Waals surface area (Å²) in [5.41, 5.74) is 2.75. The highest BCUT2D eigenvalue weighted by molar-refractivity contribution is 5.86. The van der Waals surface area contributed by atoms with Crippen LogP contribution in [-0.4, -0.2) is 58.5 Å². The number of aromatic amines is 1. The number of ether oxygens (including phenoxy) is 1. The lowest BCUT2D eigenvalue weighted by Crippen LogP contribution is -2.50. The van der Waals surface area contributed by atoms with E-state index in [1.54, 1.807) is 30.5 Å². The Hall–Kier alpha value is -4.71. The summed E-state index contributed by atoms with van der Waals surface area (Å²) >= 11 is 0. The molecule has 1 aliphatic carbocycles. The fourth-order valence-electron chi connectivity index (χ4n) is 5.61. The zero-order valence-electron chi connectivity index (χ0n) is 24.1. The molecule has 0 aromatic carbocycles. The highest BCUT2D eigenvalue weighted by atomic mass is 16.5. The van der Waals surface area contributed by atoms with Crippen LogP contribution in [0.3, 0.4) is 0 Å². The molecule has 3 N–H and O–H groups in total. The summed E-state index contributed by atoms with van der Waals surface area (Å²) in [5, 5.41) is 19.0. The van der Waals surface area contributed by atoms with Crippen LogP contribution in [0.15, 0.2) is 55.1 Å². The van der Waals surface area contributed by atoms with Gasteiger partial charge in [-0.2, -0.15) is 10.2 Å². The molecule has 0 saturated heterocycles. The predicted molar refractivity (Wildman–Crippen MR) is 158 cm³/mol. The van der Waals surface area contributed by atoms with E-state index in [2.05, 4.69) is 40.9 Å². The van der Waals surface area contributed by atoms with Crippen LogP contribution in [0.2, 0.25) is 0 Å². The number of methoxy groups -OCH3 is 1. The molecule has 12 nitrogen and oxygen atoms in total. The van der Waals surface area contributed by atoms with Crippen molar-refractivity contribution in [1.82, 2.24) is 45.2 Å². The van der Waals surface area contributed by atoms with Crippen LogP contribution >= 0.6 is 0 Å². The maximum atomic E-state index is 13.6. The minimum absolute atomic E-state index is 0.118. The standard InChI is InChI=1S/C30H34N10O2/c1-18-14-25(38-37-18)35-24-15-22-6-5-13-31-27(22)28(36-24)21-9-11-30(42-4,12-10-21)29(41)34-19(2)23-7-8-26(32-16-23)40-17-33-20(3)39-40/h5-8,13-17,19,21H,9-12H2,1-4H3,(H,34,41)(H2,35,36,37,38)/t19-,21?,30?/m0/s1. The average Bonchev–Trinajstić information content (AvgIpc) is 3.64. The number of fused-ring (bicyclic) bond motifs is 1. The van der Waals surface area contributed by atoms with Crippen LogP contribution in [0.25, 0.3) is 16.7 Å². The van der Waals surface area contributed by atoms with Gasteiger partial charge in [0.25, 0.3) is 5.91 Å². The Morgan fingerprint density at radius 1 is 1.12 bits per heavy atom. The molecule has 6 rings (SSSR count). The van der Waals surface area contributed by atoms with Crippen molar-refractivity contribution in [2.45, 2.75) is 64.0 Å². The van der Waals surface area contributed by atoms with Crippen molar-refractivity contribution in [3.8, 4) is 5.82 Å². The van der Waals surface area contributed by atoms with Crippen molar-refractivity contribution in [2.24, 2.45) is 0 Å². The highest BCUT2D eigenvalue weighted by Gasteiger charge is 2.43. The van der Waals surface area contributed by atoms with Gasteiger partial charge in [-0.05, 0) is 70.2 Å². The number of carbonyl (C=O) groups is 1. The number of pyridine rings is 3. The first-order valence-corrected chi connectivity index (χ1v) is 14.1. The number of aromatic nitrogens is 8. The third kappa shape index (κ3) is 5.45. The van der Waals surface area contributed by atoms with E-state index >= 15 is 0 Å². The molecule has 0 radical (unpaired) electrons. The minimum atomic E-state index is -0.915. The Labute approximate surface area is 243 Å². The van der Waals surface area contributed by atoms with Crippen LogP contribution in [0, 0.1) is 13.8 Å². The van der Waals surface area contributed by atoms with E-state index in [1.807, 2.05) is 57.2 Å². The quantitative estimate of drug-likeness (QED) is 0.245. The Kier molecular flexibility index (Phi) is 7.38. The molecule has 216 valence electrons. The summed E-state index contributed by atoms with van der Waals surface area (Å²) < 4.78 is 7.55. The van der Waals surface area contributed by atoms with Gasteiger partial charge in [-0.25, -0.2) is 19.6 Å². The van der Waals surface area contributed by atoms with Crippen LogP contribution < -0.4 is 10.6 Å². The van der Waals surface area contributed by atoms with E-state index in [-0.39, 0.29) is 17.9 Å². The molecule has 0 unspecified atom stereocenters. The number of hydrogen-bond acceptors (Lipinski definition) is 9. The monoisotopic (exact) mass is 566 g/mol. The topological polar surface area (TPSA) is 148 Å². The number of rotatable bonds is 8. The first-order valence-electron chi connectivity index (χ1n) is 14.1. The number of anilines is 2. The number of hydrogen-bond donors (Lipinski definition) is 3. The first-order chi connectivity index (χ1) is 20.3. The number of amides is 1. The molecule has 1 atom stereocenters. The van der Waals surface area contributed by atoms with Gasteiger partial charge in [0.05, 0.1) is 17.3 Å². The molecule has 0 aliphatic heterocycles. The molecule has 1 amide bonds. The molecule has 12 heteroatoms. The lowest BCUT2D eigenvalue weighted by atomic mass is 9.76. The van der Waals surface area contributed by atoms with Gasteiger partial charge in [-0.15, -0.1) is 0 Å². The number of carbonyl (C=O) groups excluding carboxylic acids is 1.